The van der Waals surface area contributed by atoms with Crippen LogP contribution in [0.5, 0.6) is 0 Å². The molecule has 4 nitrogen and oxygen atoms in total. The van der Waals surface area contributed by atoms with Gasteiger partial charge in [0.15, 0.2) is 0 Å². The fourth-order valence-corrected chi connectivity index (χ4v) is 2.29. The Labute approximate surface area is 138 Å². The lowest BCUT2D eigenvalue weighted by atomic mass is 10.2. The molecule has 1 aromatic heterocycles. The van der Waals surface area contributed by atoms with Crippen LogP contribution >= 0.6 is 0 Å². The molecule has 24 heavy (non-hydrogen) atoms. The molecular formula is C18H16F2N4. The molecule has 0 saturated heterocycles. The van der Waals surface area contributed by atoms with Crippen molar-refractivity contribution in [3.05, 3.63) is 71.6 Å². The number of hydrogen-bond donors (Lipinski definition) is 2. The molecule has 1 heterocycles. The highest BCUT2D eigenvalue weighted by atomic mass is 19.1. The number of aromatic nitrogens is 2. The van der Waals surface area contributed by atoms with Crippen molar-refractivity contribution in [3.63, 3.8) is 0 Å². The fourth-order valence-electron chi connectivity index (χ4n) is 2.29. The van der Waals surface area contributed by atoms with Crippen LogP contribution in [-0.2, 0) is 0 Å². The van der Waals surface area contributed by atoms with E-state index in [0.29, 0.717) is 17.5 Å². The Balaban J connectivity index is 1.91. The van der Waals surface area contributed by atoms with E-state index in [4.69, 9.17) is 0 Å². The van der Waals surface area contributed by atoms with Gasteiger partial charge in [0.05, 0.1) is 0 Å². The first-order chi connectivity index (χ1) is 11.5. The van der Waals surface area contributed by atoms with Gasteiger partial charge < -0.3 is 10.6 Å². The Bertz CT molecular complexity index is 860. The molecule has 0 saturated carbocycles. The Morgan fingerprint density at radius 1 is 0.792 bits per heavy atom. The molecule has 3 rings (SSSR count). The molecule has 0 bridgehead atoms. The van der Waals surface area contributed by atoms with Crippen molar-refractivity contribution in [2.45, 2.75) is 13.8 Å². The van der Waals surface area contributed by atoms with Crippen molar-refractivity contribution in [1.82, 2.24) is 9.97 Å². The molecular weight excluding hydrogens is 310 g/mol. The van der Waals surface area contributed by atoms with Gasteiger partial charge in [-0.15, -0.1) is 0 Å². The largest absolute Gasteiger partial charge is 0.340 e. The summed E-state index contributed by atoms with van der Waals surface area (Å²) in [6, 6.07) is 13.0. The molecule has 122 valence electrons. The summed E-state index contributed by atoms with van der Waals surface area (Å²) in [6.07, 6.45) is 0. The molecule has 0 fully saturated rings. The van der Waals surface area contributed by atoms with Crippen LogP contribution in [0.25, 0.3) is 0 Å². The van der Waals surface area contributed by atoms with Crippen molar-refractivity contribution in [3.8, 4) is 0 Å². The Kier molecular flexibility index (Phi) is 4.37. The van der Waals surface area contributed by atoms with Crippen LogP contribution in [0.15, 0.2) is 48.5 Å². The lowest BCUT2D eigenvalue weighted by molar-refractivity contribution is 0.590. The maximum atomic E-state index is 13.8. The quantitative estimate of drug-likeness (QED) is 0.719. The SMILES string of the molecule is Cc1nc(Nc2ccccc2C)cc(Nc2c(F)cccc2F)n1. The van der Waals surface area contributed by atoms with Crippen molar-refractivity contribution in [1.29, 1.82) is 0 Å². The Hall–Kier alpha value is -3.02. The van der Waals surface area contributed by atoms with Gasteiger partial charge in [-0.1, -0.05) is 24.3 Å². The molecule has 0 radical (unpaired) electrons. The molecule has 0 atom stereocenters. The highest BCUT2D eigenvalue weighted by Gasteiger charge is 2.11. The number of hydrogen-bond acceptors (Lipinski definition) is 4. The van der Waals surface area contributed by atoms with E-state index in [1.807, 2.05) is 31.2 Å². The van der Waals surface area contributed by atoms with Crippen LogP contribution in [-0.4, -0.2) is 9.97 Å². The van der Waals surface area contributed by atoms with E-state index in [0.717, 1.165) is 11.3 Å². The number of halogens is 2. The number of rotatable bonds is 4. The van der Waals surface area contributed by atoms with Crippen LogP contribution in [0.1, 0.15) is 11.4 Å². The second kappa shape index (κ2) is 6.62. The third-order valence-electron chi connectivity index (χ3n) is 3.46. The molecule has 0 aliphatic heterocycles. The normalized spacial score (nSPS) is 10.5. The summed E-state index contributed by atoms with van der Waals surface area (Å²) in [4.78, 5) is 8.49. The maximum absolute atomic E-state index is 13.8. The lowest BCUT2D eigenvalue weighted by Crippen LogP contribution is -2.04. The van der Waals surface area contributed by atoms with E-state index >= 15 is 0 Å². The van der Waals surface area contributed by atoms with E-state index in [1.165, 1.54) is 18.2 Å². The minimum absolute atomic E-state index is 0.238. The first-order valence-electron chi connectivity index (χ1n) is 7.42. The van der Waals surface area contributed by atoms with Gasteiger partial charge in [-0.25, -0.2) is 18.7 Å². The van der Waals surface area contributed by atoms with Crippen LogP contribution in [0.4, 0.5) is 31.8 Å². The molecule has 3 aromatic rings. The van der Waals surface area contributed by atoms with E-state index in [9.17, 15) is 8.78 Å². The lowest BCUT2D eigenvalue weighted by Gasteiger charge is -2.12. The van der Waals surface area contributed by atoms with Gasteiger partial charge in [0.2, 0.25) is 0 Å². The van der Waals surface area contributed by atoms with E-state index < -0.39 is 11.6 Å². The second-order valence-corrected chi connectivity index (χ2v) is 5.35. The summed E-state index contributed by atoms with van der Waals surface area (Å²) >= 11 is 0. The summed E-state index contributed by atoms with van der Waals surface area (Å²) in [6.45, 7) is 3.69. The summed E-state index contributed by atoms with van der Waals surface area (Å²) in [7, 11) is 0. The monoisotopic (exact) mass is 326 g/mol. The first-order valence-corrected chi connectivity index (χ1v) is 7.42. The summed E-state index contributed by atoms with van der Waals surface area (Å²) in [5.74, 6) is -0.0363. The minimum atomic E-state index is -0.681. The highest BCUT2D eigenvalue weighted by molar-refractivity contribution is 5.65. The molecule has 0 amide bonds. The first kappa shape index (κ1) is 15.9. The average molecular weight is 326 g/mol. The van der Waals surface area contributed by atoms with Crippen LogP contribution < -0.4 is 10.6 Å². The van der Waals surface area contributed by atoms with Crippen molar-refractivity contribution < 1.29 is 8.78 Å². The van der Waals surface area contributed by atoms with Crippen molar-refractivity contribution in [2.24, 2.45) is 0 Å². The Morgan fingerprint density at radius 3 is 2.08 bits per heavy atom. The molecule has 0 spiro atoms. The topological polar surface area (TPSA) is 49.8 Å². The van der Waals surface area contributed by atoms with Gasteiger partial charge >= 0.3 is 0 Å². The van der Waals surface area contributed by atoms with Gasteiger partial charge in [-0.3, -0.25) is 0 Å². The summed E-state index contributed by atoms with van der Waals surface area (Å²) < 4.78 is 27.6. The number of nitrogens with zero attached hydrogens (tertiary/aromatic N) is 2. The van der Waals surface area contributed by atoms with Crippen molar-refractivity contribution >= 4 is 23.0 Å². The van der Waals surface area contributed by atoms with Gasteiger partial charge in [-0.2, -0.15) is 0 Å². The molecule has 0 aliphatic rings. The van der Waals surface area contributed by atoms with Crippen LogP contribution in [0.3, 0.4) is 0 Å². The average Bonchev–Trinajstić information content (AvgIpc) is 2.53. The molecule has 0 aliphatic carbocycles. The smallest absolute Gasteiger partial charge is 0.149 e. The summed E-state index contributed by atoms with van der Waals surface area (Å²) in [5.41, 5.74) is 1.72. The van der Waals surface area contributed by atoms with Crippen LogP contribution in [0, 0.1) is 25.5 Å². The molecule has 2 aromatic carbocycles. The zero-order valence-corrected chi connectivity index (χ0v) is 13.3. The molecule has 2 N–H and O–H groups in total. The number of nitrogens with one attached hydrogen (secondary N) is 2. The van der Waals surface area contributed by atoms with Gasteiger partial charge in [0.1, 0.15) is 34.8 Å². The van der Waals surface area contributed by atoms with Crippen LogP contribution in [0.2, 0.25) is 0 Å². The van der Waals surface area contributed by atoms with Gasteiger partial charge in [0, 0.05) is 11.8 Å². The second-order valence-electron chi connectivity index (χ2n) is 5.35. The molecule has 0 unspecified atom stereocenters. The fraction of sp³-hybridized carbons (Fsp3) is 0.111. The summed E-state index contributed by atoms with van der Waals surface area (Å²) in [5, 5.41) is 5.87. The number of para-hydroxylation sites is 2. The minimum Gasteiger partial charge on any atom is -0.340 e. The van der Waals surface area contributed by atoms with Gasteiger partial charge in [-0.05, 0) is 37.6 Å². The van der Waals surface area contributed by atoms with Gasteiger partial charge in [0.25, 0.3) is 0 Å². The Morgan fingerprint density at radius 2 is 1.42 bits per heavy atom. The third kappa shape index (κ3) is 3.48. The predicted molar refractivity (Wildman–Crippen MR) is 90.9 cm³/mol. The number of aryl methyl sites for hydroxylation is 2. The third-order valence-corrected chi connectivity index (χ3v) is 3.46. The zero-order chi connectivity index (χ0) is 17.1. The van der Waals surface area contributed by atoms with E-state index in [-0.39, 0.29) is 5.69 Å². The standard InChI is InChI=1S/C18H16F2N4/c1-11-6-3-4-9-15(11)23-16-10-17(22-12(2)21-16)24-18-13(19)7-5-8-14(18)20/h3-10H,1-2H3,(H2,21,22,23,24). The zero-order valence-electron chi connectivity index (χ0n) is 13.3. The molecule has 6 heteroatoms. The number of anilines is 4. The van der Waals surface area contributed by atoms with E-state index in [2.05, 4.69) is 20.6 Å². The predicted octanol–water partition coefficient (Wildman–Crippen LogP) is 4.86. The van der Waals surface area contributed by atoms with E-state index in [1.54, 1.807) is 13.0 Å². The maximum Gasteiger partial charge on any atom is 0.149 e. The highest BCUT2D eigenvalue weighted by Crippen LogP contribution is 2.25. The number of benzene rings is 2. The van der Waals surface area contributed by atoms with Crippen molar-refractivity contribution in [2.75, 3.05) is 10.6 Å².